The monoisotopic (exact) mass is 463 g/mol. The van der Waals surface area contributed by atoms with Crippen LogP contribution in [0.4, 0.5) is 5.69 Å². The maximum absolute atomic E-state index is 12.9. The SMILES string of the molecule is COC(=O)[C@H]1C(=O)NC(SCC(=O)Nc2ccc(C)cc2C)=C(C#N)[C@@H]1c1ccc(C)cc1. The van der Waals surface area contributed by atoms with E-state index in [0.29, 0.717) is 11.3 Å². The predicted molar refractivity (Wildman–Crippen MR) is 127 cm³/mol. The first kappa shape index (κ1) is 24.1. The molecule has 3 rings (SSSR count). The van der Waals surface area contributed by atoms with Crippen LogP contribution in [0, 0.1) is 38.0 Å². The number of carbonyl (C=O) groups excluding carboxylic acids is 3. The highest BCUT2D eigenvalue weighted by Crippen LogP contribution is 2.40. The van der Waals surface area contributed by atoms with Crippen molar-refractivity contribution < 1.29 is 19.1 Å². The molecule has 1 heterocycles. The number of amides is 2. The molecule has 0 aromatic heterocycles. The first-order chi connectivity index (χ1) is 15.7. The molecule has 0 unspecified atom stereocenters. The Morgan fingerprint density at radius 2 is 1.79 bits per heavy atom. The Labute approximate surface area is 197 Å². The molecule has 2 amide bonds. The average Bonchev–Trinajstić information content (AvgIpc) is 2.79. The molecule has 0 bridgehead atoms. The third-order valence-corrected chi connectivity index (χ3v) is 6.44. The lowest BCUT2D eigenvalue weighted by atomic mass is 9.78. The first-order valence-corrected chi connectivity index (χ1v) is 11.3. The van der Waals surface area contributed by atoms with Crippen LogP contribution in [-0.4, -0.2) is 30.6 Å². The van der Waals surface area contributed by atoms with Crippen molar-refractivity contribution in [3.63, 3.8) is 0 Å². The number of methoxy groups -OCH3 is 1. The normalized spacial score (nSPS) is 17.7. The van der Waals surface area contributed by atoms with Crippen LogP contribution in [0.2, 0.25) is 0 Å². The zero-order chi connectivity index (χ0) is 24.1. The molecule has 0 saturated heterocycles. The summed E-state index contributed by atoms with van der Waals surface area (Å²) in [4.78, 5) is 37.8. The van der Waals surface area contributed by atoms with Gasteiger partial charge in [-0.15, -0.1) is 0 Å². The number of anilines is 1. The van der Waals surface area contributed by atoms with Gasteiger partial charge in [0, 0.05) is 11.6 Å². The van der Waals surface area contributed by atoms with Crippen LogP contribution in [0.5, 0.6) is 0 Å². The van der Waals surface area contributed by atoms with Crippen LogP contribution in [-0.2, 0) is 19.1 Å². The predicted octanol–water partition coefficient (Wildman–Crippen LogP) is 3.72. The fourth-order valence-electron chi connectivity index (χ4n) is 3.73. The lowest BCUT2D eigenvalue weighted by Gasteiger charge is -2.31. The second-order valence-electron chi connectivity index (χ2n) is 7.89. The Bertz CT molecular complexity index is 1170. The van der Waals surface area contributed by atoms with Crippen molar-refractivity contribution in [1.29, 1.82) is 5.26 Å². The van der Waals surface area contributed by atoms with Crippen molar-refractivity contribution in [2.45, 2.75) is 26.7 Å². The molecule has 1 aliphatic heterocycles. The average molecular weight is 464 g/mol. The van der Waals surface area contributed by atoms with Gasteiger partial charge in [-0.3, -0.25) is 14.4 Å². The summed E-state index contributed by atoms with van der Waals surface area (Å²) in [6, 6.07) is 15.2. The molecule has 0 aliphatic carbocycles. The Kier molecular flexibility index (Phi) is 7.56. The summed E-state index contributed by atoms with van der Waals surface area (Å²) in [5.74, 6) is -3.57. The number of hydrogen-bond acceptors (Lipinski definition) is 6. The number of carbonyl (C=O) groups is 3. The summed E-state index contributed by atoms with van der Waals surface area (Å²) in [6.45, 7) is 5.81. The third-order valence-electron chi connectivity index (χ3n) is 5.42. The molecule has 0 saturated carbocycles. The number of benzene rings is 2. The summed E-state index contributed by atoms with van der Waals surface area (Å²) in [5, 5.41) is 15.7. The van der Waals surface area contributed by atoms with Crippen molar-refractivity contribution in [2.75, 3.05) is 18.2 Å². The minimum atomic E-state index is -1.19. The number of aryl methyl sites for hydroxylation is 3. The fourth-order valence-corrected chi connectivity index (χ4v) is 4.58. The van der Waals surface area contributed by atoms with E-state index < -0.39 is 23.7 Å². The highest BCUT2D eigenvalue weighted by Gasteiger charge is 2.44. The number of nitrogens with zero attached hydrogens (tertiary/aromatic N) is 1. The molecular weight excluding hydrogens is 438 g/mol. The molecule has 2 aromatic carbocycles. The van der Waals surface area contributed by atoms with Crippen molar-refractivity contribution in [3.8, 4) is 6.07 Å². The van der Waals surface area contributed by atoms with Gasteiger partial charge in [-0.1, -0.05) is 59.3 Å². The van der Waals surface area contributed by atoms with E-state index in [1.54, 1.807) is 12.1 Å². The molecule has 33 heavy (non-hydrogen) atoms. The van der Waals surface area contributed by atoms with Crippen molar-refractivity contribution >= 4 is 35.2 Å². The van der Waals surface area contributed by atoms with Gasteiger partial charge in [0.05, 0.1) is 29.5 Å². The van der Waals surface area contributed by atoms with Crippen molar-refractivity contribution in [3.05, 3.63) is 75.3 Å². The van der Waals surface area contributed by atoms with E-state index >= 15 is 0 Å². The third kappa shape index (κ3) is 5.44. The number of rotatable bonds is 6. The van der Waals surface area contributed by atoms with Gasteiger partial charge in [-0.25, -0.2) is 0 Å². The minimum Gasteiger partial charge on any atom is -0.468 e. The van der Waals surface area contributed by atoms with Crippen LogP contribution in [0.3, 0.4) is 0 Å². The Hall–Kier alpha value is -3.57. The molecule has 7 nitrogen and oxygen atoms in total. The van der Waals surface area contributed by atoms with Crippen molar-refractivity contribution in [2.24, 2.45) is 5.92 Å². The number of allylic oxidation sites excluding steroid dienone is 1. The molecule has 0 spiro atoms. The Morgan fingerprint density at radius 3 is 2.39 bits per heavy atom. The number of nitriles is 1. The maximum Gasteiger partial charge on any atom is 0.319 e. The zero-order valence-corrected chi connectivity index (χ0v) is 19.7. The maximum atomic E-state index is 12.9. The number of thioether (sulfide) groups is 1. The highest BCUT2D eigenvalue weighted by atomic mass is 32.2. The summed E-state index contributed by atoms with van der Waals surface area (Å²) in [6.07, 6.45) is 0. The molecule has 0 radical (unpaired) electrons. The van der Waals surface area contributed by atoms with E-state index in [4.69, 9.17) is 4.74 Å². The summed E-state index contributed by atoms with van der Waals surface area (Å²) in [7, 11) is 1.21. The van der Waals surface area contributed by atoms with Gasteiger partial charge in [0.2, 0.25) is 11.8 Å². The summed E-state index contributed by atoms with van der Waals surface area (Å²) < 4.78 is 4.85. The van der Waals surface area contributed by atoms with Crippen LogP contribution < -0.4 is 10.6 Å². The standard InChI is InChI=1S/C25H25N3O4S/c1-14-5-8-17(9-6-14)21-18(12-26)24(28-23(30)22(21)25(31)32-4)33-13-20(29)27-19-10-7-15(2)11-16(19)3/h5-11,21-22H,13H2,1-4H3,(H,27,29)(H,28,30)/t21-,22+/m0/s1. The number of nitrogens with one attached hydrogen (secondary N) is 2. The van der Waals surface area contributed by atoms with E-state index in [-0.39, 0.29) is 22.3 Å². The van der Waals surface area contributed by atoms with Crippen LogP contribution in [0.25, 0.3) is 0 Å². The summed E-state index contributed by atoms with van der Waals surface area (Å²) in [5.41, 5.74) is 4.62. The molecule has 2 aromatic rings. The fraction of sp³-hybridized carbons (Fsp3) is 0.280. The van der Waals surface area contributed by atoms with Gasteiger partial charge in [0.25, 0.3) is 0 Å². The van der Waals surface area contributed by atoms with Crippen LogP contribution in [0.1, 0.15) is 28.2 Å². The van der Waals surface area contributed by atoms with Crippen LogP contribution in [0.15, 0.2) is 53.1 Å². The lowest BCUT2D eigenvalue weighted by molar-refractivity contribution is -0.150. The highest BCUT2D eigenvalue weighted by molar-refractivity contribution is 8.03. The molecule has 1 aliphatic rings. The molecule has 0 fully saturated rings. The summed E-state index contributed by atoms with van der Waals surface area (Å²) >= 11 is 1.05. The van der Waals surface area contributed by atoms with E-state index in [2.05, 4.69) is 16.7 Å². The van der Waals surface area contributed by atoms with Crippen molar-refractivity contribution in [1.82, 2.24) is 5.32 Å². The lowest BCUT2D eigenvalue weighted by Crippen LogP contribution is -2.44. The van der Waals surface area contributed by atoms with E-state index in [0.717, 1.165) is 28.5 Å². The number of esters is 1. The molecule has 2 N–H and O–H groups in total. The van der Waals surface area contributed by atoms with E-state index in [1.807, 2.05) is 51.1 Å². The number of hydrogen-bond donors (Lipinski definition) is 2. The first-order valence-electron chi connectivity index (χ1n) is 10.3. The van der Waals surface area contributed by atoms with Gasteiger partial charge in [0.15, 0.2) is 0 Å². The Balaban J connectivity index is 1.88. The smallest absolute Gasteiger partial charge is 0.319 e. The van der Waals surface area contributed by atoms with Gasteiger partial charge in [0.1, 0.15) is 5.92 Å². The molecule has 8 heteroatoms. The largest absolute Gasteiger partial charge is 0.468 e. The topological polar surface area (TPSA) is 108 Å². The van der Waals surface area contributed by atoms with Crippen LogP contribution >= 0.6 is 11.8 Å². The minimum absolute atomic E-state index is 0.0163. The van der Waals surface area contributed by atoms with Gasteiger partial charge in [-0.05, 0) is 38.0 Å². The zero-order valence-electron chi connectivity index (χ0n) is 18.9. The van der Waals surface area contributed by atoms with Gasteiger partial charge in [-0.2, -0.15) is 5.26 Å². The van der Waals surface area contributed by atoms with E-state index in [1.165, 1.54) is 7.11 Å². The second-order valence-corrected chi connectivity index (χ2v) is 8.87. The van der Waals surface area contributed by atoms with Gasteiger partial charge >= 0.3 is 5.97 Å². The Morgan fingerprint density at radius 1 is 1.12 bits per heavy atom. The molecule has 170 valence electrons. The molecular formula is C25H25N3O4S. The van der Waals surface area contributed by atoms with Gasteiger partial charge < -0.3 is 15.4 Å². The van der Waals surface area contributed by atoms with E-state index in [9.17, 15) is 19.6 Å². The quantitative estimate of drug-likeness (QED) is 0.499. The second kappa shape index (κ2) is 10.4. The number of ether oxygens (including phenoxy) is 1. The molecule has 2 atom stereocenters.